The summed E-state index contributed by atoms with van der Waals surface area (Å²) in [5.74, 6) is 0.333. The summed E-state index contributed by atoms with van der Waals surface area (Å²) < 4.78 is 0. The second-order valence-corrected chi connectivity index (χ2v) is 4.07. The summed E-state index contributed by atoms with van der Waals surface area (Å²) in [7, 11) is 1.76. The van der Waals surface area contributed by atoms with Gasteiger partial charge < -0.3 is 4.90 Å². The van der Waals surface area contributed by atoms with Gasteiger partial charge in [-0.3, -0.25) is 4.79 Å². The lowest BCUT2D eigenvalue weighted by molar-refractivity contribution is -0.116. The van der Waals surface area contributed by atoms with Gasteiger partial charge >= 0.3 is 0 Å². The van der Waals surface area contributed by atoms with Crippen molar-refractivity contribution in [3.05, 3.63) is 29.8 Å². The van der Waals surface area contributed by atoms with Crippen molar-refractivity contribution in [2.45, 2.75) is 19.8 Å². The van der Waals surface area contributed by atoms with E-state index in [4.69, 9.17) is 11.6 Å². The van der Waals surface area contributed by atoms with Crippen molar-refractivity contribution < 1.29 is 4.79 Å². The van der Waals surface area contributed by atoms with Gasteiger partial charge in [0.1, 0.15) is 5.88 Å². The van der Waals surface area contributed by atoms with Crippen molar-refractivity contribution in [1.29, 1.82) is 0 Å². The molecule has 1 rings (SSSR count). The van der Waals surface area contributed by atoms with Crippen LogP contribution in [0.25, 0.3) is 0 Å². The molecular formula is C12H16ClNO. The van der Waals surface area contributed by atoms with Gasteiger partial charge in [0.15, 0.2) is 0 Å². The lowest BCUT2D eigenvalue weighted by atomic mass is 10.0. The third-order valence-electron chi connectivity index (χ3n) is 2.41. The Kier molecular flexibility index (Phi) is 4.15. The summed E-state index contributed by atoms with van der Waals surface area (Å²) in [4.78, 5) is 13.1. The molecule has 3 heteroatoms. The predicted octanol–water partition coefficient (Wildman–Crippen LogP) is 3.01. The minimum Gasteiger partial charge on any atom is -0.314 e. The minimum atomic E-state index is -0.0789. The summed E-state index contributed by atoms with van der Waals surface area (Å²) in [6.45, 7) is 4.22. The molecule has 0 heterocycles. The molecule has 0 spiro atoms. The van der Waals surface area contributed by atoms with Crippen molar-refractivity contribution >= 4 is 23.2 Å². The highest BCUT2D eigenvalue weighted by Crippen LogP contribution is 2.26. The number of para-hydroxylation sites is 1. The number of nitrogens with zero attached hydrogens (tertiary/aromatic N) is 1. The Morgan fingerprint density at radius 3 is 2.53 bits per heavy atom. The lowest BCUT2D eigenvalue weighted by Gasteiger charge is -2.21. The molecule has 0 unspecified atom stereocenters. The van der Waals surface area contributed by atoms with Crippen LogP contribution in [0, 0.1) is 0 Å². The quantitative estimate of drug-likeness (QED) is 0.725. The fourth-order valence-electron chi connectivity index (χ4n) is 1.51. The van der Waals surface area contributed by atoms with E-state index in [0.717, 1.165) is 5.69 Å². The number of rotatable bonds is 3. The summed E-state index contributed by atoms with van der Waals surface area (Å²) in [5, 5.41) is 0. The second-order valence-electron chi connectivity index (χ2n) is 3.80. The number of hydrogen-bond acceptors (Lipinski definition) is 1. The van der Waals surface area contributed by atoms with Crippen LogP contribution in [0.15, 0.2) is 24.3 Å². The molecular weight excluding hydrogens is 210 g/mol. The van der Waals surface area contributed by atoms with E-state index in [1.807, 2.05) is 24.3 Å². The van der Waals surface area contributed by atoms with E-state index < -0.39 is 0 Å². The Labute approximate surface area is 95.8 Å². The van der Waals surface area contributed by atoms with Gasteiger partial charge in [0.2, 0.25) is 5.91 Å². The van der Waals surface area contributed by atoms with E-state index in [9.17, 15) is 4.79 Å². The standard InChI is InChI=1S/C12H16ClNO/c1-9(2)10-6-4-5-7-11(10)14(3)12(15)8-13/h4-7,9H,8H2,1-3H3. The molecule has 1 aromatic rings. The highest BCUT2D eigenvalue weighted by atomic mass is 35.5. The van der Waals surface area contributed by atoms with Crippen molar-refractivity contribution in [2.75, 3.05) is 17.8 Å². The predicted molar refractivity (Wildman–Crippen MR) is 64.7 cm³/mol. The van der Waals surface area contributed by atoms with Gasteiger partial charge in [0.05, 0.1) is 0 Å². The number of anilines is 1. The normalized spacial score (nSPS) is 10.5. The summed E-state index contributed by atoms with van der Waals surface area (Å²) >= 11 is 5.54. The molecule has 0 N–H and O–H groups in total. The van der Waals surface area contributed by atoms with Crippen LogP contribution in [-0.4, -0.2) is 18.8 Å². The molecule has 0 fully saturated rings. The van der Waals surface area contributed by atoms with Crippen molar-refractivity contribution in [3.8, 4) is 0 Å². The van der Waals surface area contributed by atoms with Crippen LogP contribution in [0.4, 0.5) is 5.69 Å². The van der Waals surface area contributed by atoms with E-state index in [1.165, 1.54) is 5.56 Å². The molecule has 1 amide bonds. The molecule has 0 aliphatic carbocycles. The average Bonchev–Trinajstić information content (AvgIpc) is 2.27. The highest BCUT2D eigenvalue weighted by molar-refractivity contribution is 6.29. The second kappa shape index (κ2) is 5.17. The Balaban J connectivity index is 3.07. The average molecular weight is 226 g/mol. The van der Waals surface area contributed by atoms with Crippen LogP contribution < -0.4 is 4.90 Å². The van der Waals surface area contributed by atoms with Gasteiger partial charge in [-0.2, -0.15) is 0 Å². The largest absolute Gasteiger partial charge is 0.314 e. The van der Waals surface area contributed by atoms with E-state index in [0.29, 0.717) is 5.92 Å². The molecule has 0 atom stereocenters. The maximum Gasteiger partial charge on any atom is 0.241 e. The first-order valence-electron chi connectivity index (χ1n) is 4.99. The maximum atomic E-state index is 11.5. The zero-order valence-corrected chi connectivity index (χ0v) is 10.1. The van der Waals surface area contributed by atoms with Gasteiger partial charge in [-0.15, -0.1) is 11.6 Å². The molecule has 0 bridgehead atoms. The Bertz CT molecular complexity index is 349. The Hall–Kier alpha value is -1.02. The van der Waals surface area contributed by atoms with E-state index in [-0.39, 0.29) is 11.8 Å². The first kappa shape index (κ1) is 12.1. The topological polar surface area (TPSA) is 20.3 Å². The zero-order valence-electron chi connectivity index (χ0n) is 9.33. The fraction of sp³-hybridized carbons (Fsp3) is 0.417. The lowest BCUT2D eigenvalue weighted by Crippen LogP contribution is -2.28. The molecule has 0 aliphatic rings. The third-order valence-corrected chi connectivity index (χ3v) is 2.64. The molecule has 0 saturated carbocycles. The van der Waals surface area contributed by atoms with Crippen molar-refractivity contribution in [3.63, 3.8) is 0 Å². The van der Waals surface area contributed by atoms with E-state index in [2.05, 4.69) is 13.8 Å². The van der Waals surface area contributed by atoms with Gasteiger partial charge in [-0.25, -0.2) is 0 Å². The molecule has 2 nitrogen and oxygen atoms in total. The van der Waals surface area contributed by atoms with Crippen LogP contribution in [0.2, 0.25) is 0 Å². The van der Waals surface area contributed by atoms with Crippen LogP contribution >= 0.6 is 11.6 Å². The minimum absolute atomic E-state index is 0.0168. The zero-order chi connectivity index (χ0) is 11.4. The number of carbonyl (C=O) groups is 1. The number of hydrogen-bond donors (Lipinski definition) is 0. The van der Waals surface area contributed by atoms with Crippen molar-refractivity contribution in [2.24, 2.45) is 0 Å². The van der Waals surface area contributed by atoms with Gasteiger partial charge in [0.25, 0.3) is 0 Å². The first-order valence-corrected chi connectivity index (χ1v) is 5.52. The maximum absolute atomic E-state index is 11.5. The Morgan fingerprint density at radius 1 is 1.40 bits per heavy atom. The van der Waals surface area contributed by atoms with Crippen LogP contribution in [0.5, 0.6) is 0 Å². The van der Waals surface area contributed by atoms with Crippen LogP contribution in [0.1, 0.15) is 25.3 Å². The smallest absolute Gasteiger partial charge is 0.241 e. The molecule has 1 aromatic carbocycles. The number of benzene rings is 1. The summed E-state index contributed by atoms with van der Waals surface area (Å²) in [6, 6.07) is 7.90. The van der Waals surface area contributed by atoms with E-state index >= 15 is 0 Å². The third kappa shape index (κ3) is 2.72. The van der Waals surface area contributed by atoms with Crippen LogP contribution in [0.3, 0.4) is 0 Å². The summed E-state index contributed by atoms with van der Waals surface area (Å²) in [5.41, 5.74) is 2.11. The molecule has 0 radical (unpaired) electrons. The van der Waals surface area contributed by atoms with Gasteiger partial charge in [-0.1, -0.05) is 32.0 Å². The number of amides is 1. The van der Waals surface area contributed by atoms with Gasteiger partial charge in [0, 0.05) is 12.7 Å². The molecule has 82 valence electrons. The number of carbonyl (C=O) groups excluding carboxylic acids is 1. The first-order chi connectivity index (χ1) is 7.07. The monoisotopic (exact) mass is 225 g/mol. The van der Waals surface area contributed by atoms with Crippen LogP contribution in [-0.2, 0) is 4.79 Å². The molecule has 0 saturated heterocycles. The molecule has 0 aromatic heterocycles. The number of alkyl halides is 1. The SMILES string of the molecule is CC(C)c1ccccc1N(C)C(=O)CCl. The van der Waals surface area contributed by atoms with E-state index in [1.54, 1.807) is 11.9 Å². The summed E-state index contributed by atoms with van der Waals surface area (Å²) in [6.07, 6.45) is 0. The fourth-order valence-corrected chi connectivity index (χ4v) is 1.68. The van der Waals surface area contributed by atoms with Gasteiger partial charge in [-0.05, 0) is 17.5 Å². The number of halogens is 1. The Morgan fingerprint density at radius 2 is 2.00 bits per heavy atom. The molecule has 0 aliphatic heterocycles. The highest BCUT2D eigenvalue weighted by Gasteiger charge is 2.14. The van der Waals surface area contributed by atoms with Crippen molar-refractivity contribution in [1.82, 2.24) is 0 Å². The molecule has 15 heavy (non-hydrogen) atoms.